The minimum atomic E-state index is -0.0567. The largest absolute Gasteiger partial charge is 0.494 e. The molecule has 0 saturated carbocycles. The number of rotatable bonds is 14. The number of carbonyl (C=O) groups is 1. The van der Waals surface area contributed by atoms with Crippen LogP contribution in [0.4, 0.5) is 0 Å². The lowest BCUT2D eigenvalue weighted by Crippen LogP contribution is -2.32. The molecule has 7 nitrogen and oxygen atoms in total. The molecule has 3 aromatic carbocycles. The number of aryl methyl sites for hydroxylation is 2. The second kappa shape index (κ2) is 15.8. The Morgan fingerprint density at radius 1 is 0.864 bits per heavy atom. The smallest absolute Gasteiger partial charge is 0.253 e. The quantitative estimate of drug-likeness (QED) is 0.168. The zero-order valence-electron chi connectivity index (χ0n) is 26.6. The van der Waals surface area contributed by atoms with Crippen LogP contribution >= 0.6 is 0 Å². The Hall–Kier alpha value is -3.81. The molecule has 0 bridgehead atoms. The van der Waals surface area contributed by atoms with E-state index in [0.717, 1.165) is 93.2 Å². The molecule has 5 rings (SSSR count). The van der Waals surface area contributed by atoms with Crippen LogP contribution in [0.3, 0.4) is 0 Å². The van der Waals surface area contributed by atoms with Crippen molar-refractivity contribution in [1.82, 2.24) is 19.7 Å². The van der Waals surface area contributed by atoms with Crippen LogP contribution in [0.15, 0.2) is 79.0 Å². The highest BCUT2D eigenvalue weighted by Crippen LogP contribution is 2.31. The first-order valence-electron chi connectivity index (χ1n) is 16.2. The van der Waals surface area contributed by atoms with E-state index in [9.17, 15) is 4.79 Å². The Balaban J connectivity index is 1.16. The van der Waals surface area contributed by atoms with Gasteiger partial charge in [0.1, 0.15) is 11.5 Å². The maximum absolute atomic E-state index is 13.4. The molecule has 1 aliphatic heterocycles. The molecule has 0 radical (unpaired) electrons. The summed E-state index contributed by atoms with van der Waals surface area (Å²) in [6.07, 6.45) is 5.30. The number of hydrogen-bond acceptors (Lipinski definition) is 5. The van der Waals surface area contributed by atoms with Gasteiger partial charge in [-0.1, -0.05) is 60.2 Å². The SMILES string of the molecule is Cc1cccc(CNC(=O)c2cn(CCCN3CCCN(CCCOc4ccccc4)CC3)c3c(OC(C)C)cccc23)c1. The predicted molar refractivity (Wildman–Crippen MR) is 179 cm³/mol. The third-order valence-electron chi connectivity index (χ3n) is 8.19. The Morgan fingerprint density at radius 2 is 1.61 bits per heavy atom. The summed E-state index contributed by atoms with van der Waals surface area (Å²) in [6.45, 7) is 14.8. The first-order valence-corrected chi connectivity index (χ1v) is 16.2. The van der Waals surface area contributed by atoms with Gasteiger partial charge in [0.05, 0.1) is 23.8 Å². The maximum Gasteiger partial charge on any atom is 0.253 e. The van der Waals surface area contributed by atoms with Gasteiger partial charge in [0.25, 0.3) is 5.91 Å². The van der Waals surface area contributed by atoms with E-state index in [1.165, 1.54) is 12.0 Å². The number of aromatic nitrogens is 1. The molecule has 7 heteroatoms. The molecule has 4 aromatic rings. The minimum Gasteiger partial charge on any atom is -0.494 e. The predicted octanol–water partition coefficient (Wildman–Crippen LogP) is 6.53. The summed E-state index contributed by atoms with van der Waals surface area (Å²) in [5.41, 5.74) is 3.99. The topological polar surface area (TPSA) is 59.0 Å². The van der Waals surface area contributed by atoms with Crippen LogP contribution in [0.1, 0.15) is 54.6 Å². The lowest BCUT2D eigenvalue weighted by molar-refractivity contribution is 0.0952. The fourth-order valence-corrected chi connectivity index (χ4v) is 6.06. The summed E-state index contributed by atoms with van der Waals surface area (Å²) in [5, 5.41) is 4.08. The van der Waals surface area contributed by atoms with Crippen molar-refractivity contribution >= 4 is 16.8 Å². The summed E-state index contributed by atoms with van der Waals surface area (Å²) in [5.74, 6) is 1.72. The van der Waals surface area contributed by atoms with Crippen LogP contribution in [0.25, 0.3) is 10.9 Å². The zero-order chi connectivity index (χ0) is 30.7. The van der Waals surface area contributed by atoms with E-state index in [2.05, 4.69) is 38.7 Å². The number of nitrogens with one attached hydrogen (secondary N) is 1. The number of ether oxygens (including phenoxy) is 2. The van der Waals surface area contributed by atoms with Crippen molar-refractivity contribution in [2.45, 2.75) is 59.2 Å². The highest BCUT2D eigenvalue weighted by atomic mass is 16.5. The highest BCUT2D eigenvalue weighted by molar-refractivity contribution is 6.08. The molecule has 1 amide bonds. The molecule has 1 fully saturated rings. The summed E-state index contributed by atoms with van der Waals surface area (Å²) < 4.78 is 14.3. The first-order chi connectivity index (χ1) is 21.5. The van der Waals surface area contributed by atoms with Crippen LogP contribution < -0.4 is 14.8 Å². The fraction of sp³-hybridized carbons (Fsp3) is 0.432. The molecular weight excluding hydrogens is 548 g/mol. The van der Waals surface area contributed by atoms with Gasteiger partial charge in [-0.15, -0.1) is 0 Å². The molecule has 234 valence electrons. The monoisotopic (exact) mass is 596 g/mol. The summed E-state index contributed by atoms with van der Waals surface area (Å²) >= 11 is 0. The standard InChI is InChI=1S/C37H48N4O3/c1-29(2)44-35-17-8-16-33-34(37(42)38-27-31-13-7-12-30(3)26-31)28-41(36(33)35)22-10-20-39-18-9-19-40(24-23-39)21-11-25-43-32-14-5-4-6-15-32/h4-8,12-17,26,28-29H,9-11,18-25,27H2,1-3H3,(H,38,42). The van der Waals surface area contributed by atoms with Gasteiger partial charge in [-0.05, 0) is 83.4 Å². The van der Waals surface area contributed by atoms with Gasteiger partial charge in [0.15, 0.2) is 0 Å². The second-order valence-electron chi connectivity index (χ2n) is 12.1. The molecule has 0 unspecified atom stereocenters. The molecular formula is C37H48N4O3. The summed E-state index contributed by atoms with van der Waals surface area (Å²) in [6, 6.07) is 24.4. The summed E-state index contributed by atoms with van der Waals surface area (Å²) in [7, 11) is 0. The Bertz CT molecular complexity index is 1480. The molecule has 0 aliphatic carbocycles. The number of hydrogen-bond donors (Lipinski definition) is 1. The Kier molecular flexibility index (Phi) is 11.3. The van der Waals surface area contributed by atoms with Crippen molar-refractivity contribution in [3.05, 3.63) is 95.7 Å². The van der Waals surface area contributed by atoms with E-state index in [0.29, 0.717) is 12.1 Å². The molecule has 0 spiro atoms. The Labute approximate surface area is 262 Å². The van der Waals surface area contributed by atoms with E-state index < -0.39 is 0 Å². The van der Waals surface area contributed by atoms with Crippen molar-refractivity contribution in [3.63, 3.8) is 0 Å². The van der Waals surface area contributed by atoms with Crippen LogP contribution in [0.2, 0.25) is 0 Å². The lowest BCUT2D eigenvalue weighted by atomic mass is 10.1. The van der Waals surface area contributed by atoms with E-state index in [1.807, 2.05) is 80.7 Å². The lowest BCUT2D eigenvalue weighted by Gasteiger charge is -2.22. The number of carbonyl (C=O) groups excluding carboxylic acids is 1. The maximum atomic E-state index is 13.4. The van der Waals surface area contributed by atoms with Crippen molar-refractivity contribution in [2.75, 3.05) is 45.9 Å². The highest BCUT2D eigenvalue weighted by Gasteiger charge is 2.20. The van der Waals surface area contributed by atoms with E-state index >= 15 is 0 Å². The van der Waals surface area contributed by atoms with E-state index in [4.69, 9.17) is 9.47 Å². The van der Waals surface area contributed by atoms with Crippen molar-refractivity contribution in [2.24, 2.45) is 0 Å². The van der Waals surface area contributed by atoms with Gasteiger partial charge >= 0.3 is 0 Å². The number of fused-ring (bicyclic) bond motifs is 1. The molecule has 1 N–H and O–H groups in total. The van der Waals surface area contributed by atoms with Gasteiger partial charge in [-0.3, -0.25) is 4.79 Å². The van der Waals surface area contributed by atoms with Gasteiger partial charge in [0.2, 0.25) is 0 Å². The van der Waals surface area contributed by atoms with Gasteiger partial charge < -0.3 is 29.2 Å². The third-order valence-corrected chi connectivity index (χ3v) is 8.19. The van der Waals surface area contributed by atoms with Crippen LogP contribution in [-0.2, 0) is 13.1 Å². The minimum absolute atomic E-state index is 0.0486. The van der Waals surface area contributed by atoms with Gasteiger partial charge in [-0.2, -0.15) is 0 Å². The fourth-order valence-electron chi connectivity index (χ4n) is 6.06. The molecule has 44 heavy (non-hydrogen) atoms. The average Bonchev–Trinajstić information content (AvgIpc) is 3.24. The summed E-state index contributed by atoms with van der Waals surface area (Å²) in [4.78, 5) is 18.6. The number of benzene rings is 3. The molecule has 0 atom stereocenters. The van der Waals surface area contributed by atoms with Gasteiger partial charge in [-0.25, -0.2) is 0 Å². The third kappa shape index (κ3) is 8.87. The molecule has 1 aromatic heterocycles. The number of nitrogens with zero attached hydrogens (tertiary/aromatic N) is 3. The first kappa shape index (κ1) is 31.6. The zero-order valence-corrected chi connectivity index (χ0v) is 26.6. The average molecular weight is 597 g/mol. The van der Waals surface area contributed by atoms with E-state index in [-0.39, 0.29) is 12.0 Å². The molecule has 2 heterocycles. The van der Waals surface area contributed by atoms with Crippen LogP contribution in [-0.4, -0.2) is 72.3 Å². The van der Waals surface area contributed by atoms with Crippen molar-refractivity contribution in [1.29, 1.82) is 0 Å². The van der Waals surface area contributed by atoms with Crippen LogP contribution in [0, 0.1) is 6.92 Å². The second-order valence-corrected chi connectivity index (χ2v) is 12.1. The van der Waals surface area contributed by atoms with Crippen molar-refractivity contribution < 1.29 is 14.3 Å². The number of amides is 1. The Morgan fingerprint density at radius 3 is 2.36 bits per heavy atom. The van der Waals surface area contributed by atoms with E-state index in [1.54, 1.807) is 0 Å². The van der Waals surface area contributed by atoms with Crippen molar-refractivity contribution in [3.8, 4) is 11.5 Å². The number of para-hydroxylation sites is 2. The molecule has 1 saturated heterocycles. The van der Waals surface area contributed by atoms with Crippen LogP contribution in [0.5, 0.6) is 11.5 Å². The normalized spacial score (nSPS) is 14.5. The molecule has 1 aliphatic rings. The van der Waals surface area contributed by atoms with Gasteiger partial charge in [0, 0.05) is 44.3 Å².